The van der Waals surface area contributed by atoms with Gasteiger partial charge in [-0.05, 0) is 42.8 Å². The fraction of sp³-hybridized carbons (Fsp3) is 0.192. The van der Waals surface area contributed by atoms with E-state index in [-0.39, 0.29) is 18.4 Å². The van der Waals surface area contributed by atoms with Crippen molar-refractivity contribution in [2.24, 2.45) is 0 Å². The molecule has 1 heterocycles. The third-order valence-electron chi connectivity index (χ3n) is 5.50. The van der Waals surface area contributed by atoms with Crippen molar-refractivity contribution < 1.29 is 4.79 Å². The van der Waals surface area contributed by atoms with E-state index in [4.69, 9.17) is 12.2 Å². The number of nitrogens with zero attached hydrogens (tertiary/aromatic N) is 2. The lowest BCUT2D eigenvalue weighted by Gasteiger charge is -2.18. The summed E-state index contributed by atoms with van der Waals surface area (Å²) in [5.41, 5.74) is 4.54. The first-order chi connectivity index (χ1) is 15.6. The lowest BCUT2D eigenvalue weighted by molar-refractivity contribution is -0.121. The number of aromatic nitrogens is 3. The van der Waals surface area contributed by atoms with Crippen molar-refractivity contribution in [3.63, 3.8) is 0 Å². The Bertz CT molecular complexity index is 1190. The fourth-order valence-corrected chi connectivity index (χ4v) is 4.12. The zero-order valence-corrected chi connectivity index (χ0v) is 18.8. The van der Waals surface area contributed by atoms with E-state index in [1.54, 1.807) is 4.57 Å². The molecule has 1 amide bonds. The molecule has 0 saturated carbocycles. The van der Waals surface area contributed by atoms with E-state index in [9.17, 15) is 4.79 Å². The Morgan fingerprint density at radius 2 is 1.66 bits per heavy atom. The molecule has 4 aromatic rings. The lowest BCUT2D eigenvalue weighted by Crippen LogP contribution is -2.29. The van der Waals surface area contributed by atoms with Gasteiger partial charge < -0.3 is 5.32 Å². The normalized spacial score (nSPS) is 10.9. The summed E-state index contributed by atoms with van der Waals surface area (Å²) in [6.45, 7) is 2.72. The van der Waals surface area contributed by atoms with Crippen molar-refractivity contribution in [1.29, 1.82) is 0 Å². The first-order valence-corrected chi connectivity index (χ1v) is 11.1. The van der Waals surface area contributed by atoms with E-state index in [0.29, 0.717) is 17.1 Å². The molecule has 0 unspecified atom stereocenters. The van der Waals surface area contributed by atoms with Crippen molar-refractivity contribution in [3.8, 4) is 11.4 Å². The van der Waals surface area contributed by atoms with Crippen LogP contribution < -0.4 is 5.32 Å². The maximum Gasteiger partial charge on any atom is 0.240 e. The van der Waals surface area contributed by atoms with Crippen molar-refractivity contribution in [3.05, 3.63) is 106 Å². The molecule has 0 atom stereocenters. The highest BCUT2D eigenvalue weighted by atomic mass is 32.1. The molecule has 0 aliphatic carbocycles. The van der Waals surface area contributed by atoms with E-state index in [2.05, 4.69) is 64.0 Å². The summed E-state index contributed by atoms with van der Waals surface area (Å²) in [7, 11) is 0. The average molecular weight is 443 g/mol. The molecule has 0 aliphatic rings. The number of carbonyl (C=O) groups is 1. The Morgan fingerprint density at radius 1 is 1.00 bits per heavy atom. The molecule has 0 saturated heterocycles. The van der Waals surface area contributed by atoms with Crippen LogP contribution in [-0.4, -0.2) is 27.2 Å². The van der Waals surface area contributed by atoms with Crippen LogP contribution in [0.5, 0.6) is 0 Å². The SMILES string of the molecule is Cc1cccc(-c2n[nH]c(=S)n2CC(=O)NCCC(c2ccccc2)c2ccccc2)c1. The molecule has 2 N–H and O–H groups in total. The number of hydrogen-bond donors (Lipinski definition) is 2. The van der Waals surface area contributed by atoms with E-state index < -0.39 is 0 Å². The number of aromatic amines is 1. The van der Waals surface area contributed by atoms with Crippen molar-refractivity contribution >= 4 is 18.1 Å². The number of nitrogens with one attached hydrogen (secondary N) is 2. The number of carbonyl (C=O) groups excluding carboxylic acids is 1. The molecule has 32 heavy (non-hydrogen) atoms. The molecule has 0 fully saturated rings. The first-order valence-electron chi connectivity index (χ1n) is 10.7. The highest BCUT2D eigenvalue weighted by molar-refractivity contribution is 7.71. The predicted molar refractivity (Wildman–Crippen MR) is 130 cm³/mol. The third-order valence-corrected chi connectivity index (χ3v) is 5.81. The van der Waals surface area contributed by atoms with Gasteiger partial charge >= 0.3 is 0 Å². The molecule has 4 rings (SSSR count). The maximum atomic E-state index is 12.7. The number of rotatable bonds is 8. The van der Waals surface area contributed by atoms with Crippen molar-refractivity contribution in [1.82, 2.24) is 20.1 Å². The van der Waals surface area contributed by atoms with Crippen LogP contribution in [0.25, 0.3) is 11.4 Å². The molecule has 0 radical (unpaired) electrons. The minimum atomic E-state index is -0.0868. The monoisotopic (exact) mass is 442 g/mol. The summed E-state index contributed by atoms with van der Waals surface area (Å²) in [5.74, 6) is 0.799. The Kier molecular flexibility index (Phi) is 6.92. The van der Waals surface area contributed by atoms with Gasteiger partial charge in [-0.15, -0.1) is 0 Å². The fourth-order valence-electron chi connectivity index (χ4n) is 3.92. The van der Waals surface area contributed by atoms with Gasteiger partial charge in [0.15, 0.2) is 10.6 Å². The second kappa shape index (κ2) is 10.2. The second-order valence-electron chi connectivity index (χ2n) is 7.82. The Balaban J connectivity index is 1.43. The molecule has 0 aliphatic heterocycles. The topological polar surface area (TPSA) is 62.7 Å². The van der Waals surface area contributed by atoms with Gasteiger partial charge in [0.25, 0.3) is 0 Å². The second-order valence-corrected chi connectivity index (χ2v) is 8.21. The standard InChI is InChI=1S/C26H26N4OS/c1-19-9-8-14-22(17-19)25-28-29-26(32)30(25)18-24(31)27-16-15-23(20-10-4-2-5-11-20)21-12-6-3-7-13-21/h2-14,17,23H,15-16,18H2,1H3,(H,27,31)(H,29,32). The number of amides is 1. The molecule has 5 nitrogen and oxygen atoms in total. The highest BCUT2D eigenvalue weighted by Crippen LogP contribution is 2.27. The van der Waals surface area contributed by atoms with Gasteiger partial charge in [-0.2, -0.15) is 5.10 Å². The number of benzene rings is 3. The zero-order valence-electron chi connectivity index (χ0n) is 18.0. The molecular formula is C26H26N4OS. The molecule has 1 aromatic heterocycles. The van der Waals surface area contributed by atoms with Crippen LogP contribution >= 0.6 is 12.2 Å². The summed E-state index contributed by atoms with van der Waals surface area (Å²) in [5, 5.41) is 10.2. The highest BCUT2D eigenvalue weighted by Gasteiger charge is 2.16. The molecule has 3 aromatic carbocycles. The van der Waals surface area contributed by atoms with E-state index in [1.807, 2.05) is 43.3 Å². The number of aryl methyl sites for hydroxylation is 1. The van der Waals surface area contributed by atoms with Crippen LogP contribution in [-0.2, 0) is 11.3 Å². The summed E-state index contributed by atoms with van der Waals surface area (Å²) in [6.07, 6.45) is 0.807. The summed E-state index contributed by atoms with van der Waals surface area (Å²) < 4.78 is 2.17. The lowest BCUT2D eigenvalue weighted by atomic mass is 9.88. The first kappa shape index (κ1) is 21.7. The van der Waals surface area contributed by atoms with Crippen molar-refractivity contribution in [2.75, 3.05) is 6.54 Å². The average Bonchev–Trinajstić information content (AvgIpc) is 3.18. The van der Waals surface area contributed by atoms with Crippen LogP contribution in [0.4, 0.5) is 0 Å². The van der Waals surface area contributed by atoms with Crippen LogP contribution in [0, 0.1) is 11.7 Å². The predicted octanol–water partition coefficient (Wildman–Crippen LogP) is 5.25. The number of hydrogen-bond acceptors (Lipinski definition) is 3. The van der Waals surface area contributed by atoms with Gasteiger partial charge in [0.2, 0.25) is 5.91 Å². The smallest absolute Gasteiger partial charge is 0.240 e. The van der Waals surface area contributed by atoms with Crippen LogP contribution in [0.2, 0.25) is 0 Å². The summed E-state index contributed by atoms with van der Waals surface area (Å²) in [4.78, 5) is 12.7. The van der Waals surface area contributed by atoms with E-state index in [0.717, 1.165) is 17.5 Å². The summed E-state index contributed by atoms with van der Waals surface area (Å²) in [6, 6.07) is 28.8. The minimum absolute atomic E-state index is 0.0868. The van der Waals surface area contributed by atoms with Gasteiger partial charge in [0, 0.05) is 18.0 Å². The third kappa shape index (κ3) is 5.21. The Morgan fingerprint density at radius 3 is 2.28 bits per heavy atom. The van der Waals surface area contributed by atoms with Crippen LogP contribution in [0.3, 0.4) is 0 Å². The van der Waals surface area contributed by atoms with Crippen LogP contribution in [0.15, 0.2) is 84.9 Å². The quantitative estimate of drug-likeness (QED) is 0.366. The zero-order chi connectivity index (χ0) is 22.3. The minimum Gasteiger partial charge on any atom is -0.355 e. The van der Waals surface area contributed by atoms with Crippen molar-refractivity contribution in [2.45, 2.75) is 25.8 Å². The molecule has 6 heteroatoms. The van der Waals surface area contributed by atoms with E-state index in [1.165, 1.54) is 11.1 Å². The van der Waals surface area contributed by atoms with E-state index >= 15 is 0 Å². The Hall–Kier alpha value is -3.51. The van der Waals surface area contributed by atoms with Gasteiger partial charge in [-0.25, -0.2) is 0 Å². The molecule has 0 bridgehead atoms. The van der Waals surface area contributed by atoms with Gasteiger partial charge in [0.05, 0.1) is 0 Å². The number of H-pyrrole nitrogens is 1. The Labute approximate surface area is 193 Å². The summed E-state index contributed by atoms with van der Waals surface area (Å²) >= 11 is 5.37. The largest absolute Gasteiger partial charge is 0.355 e. The van der Waals surface area contributed by atoms with Gasteiger partial charge in [-0.1, -0.05) is 84.4 Å². The van der Waals surface area contributed by atoms with Crippen LogP contribution in [0.1, 0.15) is 29.0 Å². The van der Waals surface area contributed by atoms with Gasteiger partial charge in [-0.3, -0.25) is 14.5 Å². The maximum absolute atomic E-state index is 12.7. The van der Waals surface area contributed by atoms with Gasteiger partial charge in [0.1, 0.15) is 6.54 Å². The molecule has 162 valence electrons. The molecule has 0 spiro atoms. The molecular weight excluding hydrogens is 416 g/mol.